The number of nitrogens with one attached hydrogen (secondary N) is 1. The molecular weight excluding hydrogens is 410 g/mol. The first kappa shape index (κ1) is 21.7. The second kappa shape index (κ2) is 9.30. The first-order valence-electron chi connectivity index (χ1n) is 10.8. The van der Waals surface area contributed by atoms with E-state index in [1.54, 1.807) is 28.0 Å². The number of carbonyl (C=O) groups is 3. The molecule has 2 fully saturated rings. The summed E-state index contributed by atoms with van der Waals surface area (Å²) in [6.07, 6.45) is 1.48. The van der Waals surface area contributed by atoms with E-state index >= 15 is 0 Å². The van der Waals surface area contributed by atoms with E-state index in [0.29, 0.717) is 48.1 Å². The van der Waals surface area contributed by atoms with Gasteiger partial charge in [0, 0.05) is 37.7 Å². The number of anilines is 3. The molecule has 2 aromatic rings. The number of para-hydroxylation sites is 2. The van der Waals surface area contributed by atoms with Gasteiger partial charge in [0.15, 0.2) is 0 Å². The number of hydrogen-bond acceptors (Lipinski definition) is 5. The zero-order valence-electron chi connectivity index (χ0n) is 18.3. The minimum atomic E-state index is -0.483. The van der Waals surface area contributed by atoms with Gasteiger partial charge in [-0.1, -0.05) is 12.1 Å². The fourth-order valence-corrected chi connectivity index (χ4v) is 4.20. The summed E-state index contributed by atoms with van der Waals surface area (Å²) in [6, 6.07) is 12.6. The number of nitrogens with zero attached hydrogens (tertiary/aromatic N) is 2. The molecule has 3 amide bonds. The zero-order valence-corrected chi connectivity index (χ0v) is 18.3. The maximum Gasteiger partial charge on any atom is 0.229 e. The molecule has 2 aliphatic heterocycles. The lowest BCUT2D eigenvalue weighted by Crippen LogP contribution is -2.28. The highest BCUT2D eigenvalue weighted by atomic mass is 16.5. The largest absolute Gasteiger partial charge is 0.494 e. The van der Waals surface area contributed by atoms with Crippen LogP contribution in [0, 0.1) is 5.92 Å². The zero-order chi connectivity index (χ0) is 22.7. The molecule has 8 heteroatoms. The Morgan fingerprint density at radius 3 is 2.56 bits per heavy atom. The summed E-state index contributed by atoms with van der Waals surface area (Å²) in [7, 11) is 1.54. The van der Waals surface area contributed by atoms with Crippen LogP contribution in [0.3, 0.4) is 0 Å². The molecule has 0 saturated carbocycles. The van der Waals surface area contributed by atoms with Gasteiger partial charge in [-0.2, -0.15) is 0 Å². The average Bonchev–Trinajstić information content (AvgIpc) is 3.40. The summed E-state index contributed by atoms with van der Waals surface area (Å²) in [6.45, 7) is 3.32. The lowest BCUT2D eigenvalue weighted by Gasteiger charge is -2.21. The number of hydrogen-bond donors (Lipinski definition) is 1. The molecule has 1 N–H and O–H groups in total. The molecule has 0 bridgehead atoms. The molecule has 4 rings (SSSR count). The van der Waals surface area contributed by atoms with Crippen molar-refractivity contribution in [2.45, 2.75) is 26.2 Å². The van der Waals surface area contributed by atoms with E-state index in [-0.39, 0.29) is 30.7 Å². The Morgan fingerprint density at radius 2 is 1.84 bits per heavy atom. The standard InChI is InChI=1S/C24H27N3O5/c1-3-32-20-8-5-4-7-18(20)27-15-16(13-23(27)29)24(30)25-17-10-11-19(21(14-17)31-2)26-12-6-9-22(26)28/h4-5,7-8,10-11,14,16H,3,6,9,12-13,15H2,1-2H3,(H,25,30)/t16-/m0/s1. The van der Waals surface area contributed by atoms with Crippen molar-refractivity contribution in [3.05, 3.63) is 42.5 Å². The lowest BCUT2D eigenvalue weighted by molar-refractivity contribution is -0.122. The molecule has 0 spiro atoms. The molecule has 2 aromatic carbocycles. The van der Waals surface area contributed by atoms with Gasteiger partial charge in [-0.15, -0.1) is 0 Å². The number of methoxy groups -OCH3 is 1. The number of amides is 3. The van der Waals surface area contributed by atoms with E-state index in [1.165, 1.54) is 7.11 Å². The van der Waals surface area contributed by atoms with Crippen molar-refractivity contribution in [1.29, 1.82) is 0 Å². The Hall–Kier alpha value is -3.55. The highest BCUT2D eigenvalue weighted by Crippen LogP contribution is 2.35. The Balaban J connectivity index is 1.47. The van der Waals surface area contributed by atoms with Crippen molar-refractivity contribution < 1.29 is 23.9 Å². The lowest BCUT2D eigenvalue weighted by atomic mass is 10.1. The van der Waals surface area contributed by atoms with Crippen molar-refractivity contribution in [1.82, 2.24) is 0 Å². The van der Waals surface area contributed by atoms with E-state index in [2.05, 4.69) is 5.32 Å². The summed E-state index contributed by atoms with van der Waals surface area (Å²) >= 11 is 0. The Bertz CT molecular complexity index is 1040. The highest BCUT2D eigenvalue weighted by Gasteiger charge is 2.36. The minimum absolute atomic E-state index is 0.0666. The average molecular weight is 437 g/mol. The van der Waals surface area contributed by atoms with Crippen LogP contribution < -0.4 is 24.6 Å². The van der Waals surface area contributed by atoms with Crippen molar-refractivity contribution in [3.8, 4) is 11.5 Å². The van der Waals surface area contributed by atoms with Crippen LogP contribution in [-0.2, 0) is 14.4 Å². The van der Waals surface area contributed by atoms with Crippen LogP contribution in [0.2, 0.25) is 0 Å². The van der Waals surface area contributed by atoms with Crippen LogP contribution in [0.25, 0.3) is 0 Å². The molecule has 8 nitrogen and oxygen atoms in total. The second-order valence-corrected chi connectivity index (χ2v) is 7.83. The normalized spacial score (nSPS) is 18.2. The van der Waals surface area contributed by atoms with Crippen LogP contribution in [0.1, 0.15) is 26.2 Å². The van der Waals surface area contributed by atoms with E-state index in [1.807, 2.05) is 31.2 Å². The Kier molecular flexibility index (Phi) is 6.30. The van der Waals surface area contributed by atoms with Crippen LogP contribution in [-0.4, -0.2) is 44.5 Å². The number of rotatable bonds is 7. The van der Waals surface area contributed by atoms with Gasteiger partial charge >= 0.3 is 0 Å². The second-order valence-electron chi connectivity index (χ2n) is 7.83. The third kappa shape index (κ3) is 4.26. The van der Waals surface area contributed by atoms with E-state index in [9.17, 15) is 14.4 Å². The third-order valence-electron chi connectivity index (χ3n) is 5.76. The molecular formula is C24H27N3O5. The molecule has 0 unspecified atom stereocenters. The first-order valence-corrected chi connectivity index (χ1v) is 10.8. The molecule has 0 aromatic heterocycles. The maximum atomic E-state index is 12.9. The monoisotopic (exact) mass is 437 g/mol. The Morgan fingerprint density at radius 1 is 1.06 bits per heavy atom. The van der Waals surface area contributed by atoms with E-state index < -0.39 is 5.92 Å². The fraction of sp³-hybridized carbons (Fsp3) is 0.375. The van der Waals surface area contributed by atoms with E-state index in [4.69, 9.17) is 9.47 Å². The highest BCUT2D eigenvalue weighted by molar-refractivity contribution is 6.04. The van der Waals surface area contributed by atoms with Crippen LogP contribution in [0.5, 0.6) is 11.5 Å². The summed E-state index contributed by atoms with van der Waals surface area (Å²) in [4.78, 5) is 41.0. The molecule has 0 aliphatic carbocycles. The summed E-state index contributed by atoms with van der Waals surface area (Å²) in [5.74, 6) is 0.383. The van der Waals surface area contributed by atoms with Gasteiger partial charge in [0.2, 0.25) is 17.7 Å². The van der Waals surface area contributed by atoms with Gasteiger partial charge in [-0.25, -0.2) is 0 Å². The van der Waals surface area contributed by atoms with Crippen LogP contribution >= 0.6 is 0 Å². The first-order chi connectivity index (χ1) is 15.5. The Labute approximate surface area is 187 Å². The van der Waals surface area contributed by atoms with Gasteiger partial charge in [-0.05, 0) is 37.6 Å². The van der Waals surface area contributed by atoms with Gasteiger partial charge < -0.3 is 24.6 Å². The quantitative estimate of drug-likeness (QED) is 0.719. The molecule has 0 radical (unpaired) electrons. The van der Waals surface area contributed by atoms with Gasteiger partial charge in [-0.3, -0.25) is 14.4 Å². The smallest absolute Gasteiger partial charge is 0.229 e. The SMILES string of the molecule is CCOc1ccccc1N1C[C@@H](C(=O)Nc2ccc(N3CCCC3=O)c(OC)c2)CC1=O. The van der Waals surface area contributed by atoms with Crippen molar-refractivity contribution in [2.75, 3.05) is 41.9 Å². The van der Waals surface area contributed by atoms with Gasteiger partial charge in [0.05, 0.1) is 31.0 Å². The summed E-state index contributed by atoms with van der Waals surface area (Å²) in [5.41, 5.74) is 1.93. The molecule has 168 valence electrons. The molecule has 2 heterocycles. The van der Waals surface area contributed by atoms with Gasteiger partial charge in [0.1, 0.15) is 11.5 Å². The topological polar surface area (TPSA) is 88.2 Å². The third-order valence-corrected chi connectivity index (χ3v) is 5.76. The molecule has 1 atom stereocenters. The predicted octanol–water partition coefficient (Wildman–Crippen LogP) is 3.21. The fourth-order valence-electron chi connectivity index (χ4n) is 4.20. The van der Waals surface area contributed by atoms with Crippen LogP contribution in [0.15, 0.2) is 42.5 Å². The van der Waals surface area contributed by atoms with Crippen molar-refractivity contribution >= 4 is 34.8 Å². The van der Waals surface area contributed by atoms with E-state index in [0.717, 1.165) is 6.42 Å². The number of carbonyl (C=O) groups excluding carboxylic acids is 3. The van der Waals surface area contributed by atoms with Gasteiger partial charge in [0.25, 0.3) is 0 Å². The summed E-state index contributed by atoms with van der Waals surface area (Å²) in [5, 5.41) is 2.89. The minimum Gasteiger partial charge on any atom is -0.494 e. The summed E-state index contributed by atoms with van der Waals surface area (Å²) < 4.78 is 11.1. The van der Waals surface area contributed by atoms with Crippen LogP contribution in [0.4, 0.5) is 17.1 Å². The number of benzene rings is 2. The molecule has 32 heavy (non-hydrogen) atoms. The number of ether oxygens (including phenoxy) is 2. The molecule has 2 aliphatic rings. The maximum absolute atomic E-state index is 12.9. The molecule has 2 saturated heterocycles. The van der Waals surface area contributed by atoms with Crippen molar-refractivity contribution in [3.63, 3.8) is 0 Å². The van der Waals surface area contributed by atoms with Crippen molar-refractivity contribution in [2.24, 2.45) is 5.92 Å². The predicted molar refractivity (Wildman–Crippen MR) is 121 cm³/mol.